The number of nitrogens with zero attached hydrogens (tertiary/aromatic N) is 4. The first kappa shape index (κ1) is 19.0. The third-order valence-electron chi connectivity index (χ3n) is 7.47. The number of rotatable bonds is 1. The zero-order valence-corrected chi connectivity index (χ0v) is 19.0. The Morgan fingerprint density at radius 3 is 1.67 bits per heavy atom. The Kier molecular flexibility index (Phi) is 3.51. The molecule has 5 aromatic carbocycles. The van der Waals surface area contributed by atoms with E-state index in [0.717, 1.165) is 43.8 Å². The molecule has 0 aliphatic heterocycles. The summed E-state index contributed by atoms with van der Waals surface area (Å²) < 4.78 is 4.59. The van der Waals surface area contributed by atoms with E-state index in [1.165, 1.54) is 21.8 Å². The molecule has 8 rings (SSSR count). The fraction of sp³-hybridized carbons (Fsp3) is 0. The van der Waals surface area contributed by atoms with Crippen LogP contribution in [0.2, 0.25) is 0 Å². The fourth-order valence-electron chi connectivity index (χ4n) is 6.01. The van der Waals surface area contributed by atoms with Crippen molar-refractivity contribution in [1.29, 1.82) is 10.5 Å². The highest BCUT2D eigenvalue weighted by Crippen LogP contribution is 2.41. The summed E-state index contributed by atoms with van der Waals surface area (Å²) in [6.45, 7) is 0. The monoisotopic (exact) mass is 456 g/mol. The van der Waals surface area contributed by atoms with Crippen molar-refractivity contribution < 1.29 is 0 Å². The third kappa shape index (κ3) is 2.26. The van der Waals surface area contributed by atoms with Gasteiger partial charge in [0.15, 0.2) is 0 Å². The van der Waals surface area contributed by atoms with Crippen LogP contribution in [0.25, 0.3) is 65.6 Å². The zero-order chi connectivity index (χ0) is 24.0. The molecule has 3 heterocycles. The molecule has 0 bridgehead atoms. The molecule has 8 aromatic rings. The molecule has 0 amide bonds. The summed E-state index contributed by atoms with van der Waals surface area (Å²) in [6.07, 6.45) is 0. The van der Waals surface area contributed by atoms with Crippen LogP contribution in [0.4, 0.5) is 0 Å². The van der Waals surface area contributed by atoms with Gasteiger partial charge in [0.1, 0.15) is 0 Å². The predicted octanol–water partition coefficient (Wildman–Crippen LogP) is 7.68. The van der Waals surface area contributed by atoms with Gasteiger partial charge < -0.3 is 8.97 Å². The van der Waals surface area contributed by atoms with Crippen LogP contribution in [0.5, 0.6) is 0 Å². The Morgan fingerprint density at radius 1 is 0.472 bits per heavy atom. The zero-order valence-electron chi connectivity index (χ0n) is 19.0. The van der Waals surface area contributed by atoms with Gasteiger partial charge in [-0.1, -0.05) is 36.4 Å². The van der Waals surface area contributed by atoms with Gasteiger partial charge >= 0.3 is 0 Å². The lowest BCUT2D eigenvalue weighted by Crippen LogP contribution is -1.93. The molecule has 0 N–H and O–H groups in total. The van der Waals surface area contributed by atoms with Gasteiger partial charge in [-0.15, -0.1) is 0 Å². The SMILES string of the molecule is N#Cc1ccc2c(c1)c1cc(C#N)cc3c4cc(-n5c6ccccc6c6ccccc65)ccc4n2c13. The van der Waals surface area contributed by atoms with Crippen molar-refractivity contribution in [2.75, 3.05) is 0 Å². The van der Waals surface area contributed by atoms with Crippen LogP contribution in [0.15, 0.2) is 97.1 Å². The standard InChI is InChI=1S/C32H16N4/c33-17-19-9-11-30-24(13-19)26-14-20(18-34)15-27-25-16-21(10-12-31(25)36(30)32(26)27)35-28-7-3-1-5-22(28)23-6-2-4-8-29(23)35/h1-16H. The predicted molar refractivity (Wildman–Crippen MR) is 145 cm³/mol. The second-order valence-electron chi connectivity index (χ2n) is 9.28. The second kappa shape index (κ2) is 6.63. The molecular formula is C32H16N4. The van der Waals surface area contributed by atoms with Gasteiger partial charge in [0.2, 0.25) is 0 Å². The van der Waals surface area contributed by atoms with Crippen molar-refractivity contribution in [2.45, 2.75) is 0 Å². The molecule has 164 valence electrons. The minimum Gasteiger partial charge on any atom is -0.309 e. The van der Waals surface area contributed by atoms with Gasteiger partial charge in [0.25, 0.3) is 0 Å². The highest BCUT2D eigenvalue weighted by atomic mass is 15.0. The molecule has 36 heavy (non-hydrogen) atoms. The Labute approximate surface area is 205 Å². The quantitative estimate of drug-likeness (QED) is 0.254. The summed E-state index contributed by atoms with van der Waals surface area (Å²) in [5.41, 5.74) is 7.89. The average molecular weight is 457 g/mol. The van der Waals surface area contributed by atoms with E-state index in [9.17, 15) is 10.5 Å². The number of para-hydroxylation sites is 2. The number of hydrogen-bond donors (Lipinski definition) is 0. The number of nitriles is 2. The maximum Gasteiger partial charge on any atom is 0.0992 e. The largest absolute Gasteiger partial charge is 0.309 e. The number of aromatic nitrogens is 2. The van der Waals surface area contributed by atoms with E-state index < -0.39 is 0 Å². The van der Waals surface area contributed by atoms with Crippen LogP contribution in [0.3, 0.4) is 0 Å². The van der Waals surface area contributed by atoms with E-state index in [1.807, 2.05) is 30.3 Å². The minimum absolute atomic E-state index is 0.618. The molecular weight excluding hydrogens is 440 g/mol. The number of fused-ring (bicyclic) bond motifs is 9. The van der Waals surface area contributed by atoms with Crippen molar-refractivity contribution in [3.8, 4) is 17.8 Å². The van der Waals surface area contributed by atoms with Gasteiger partial charge in [-0.25, -0.2) is 0 Å². The Hall–Kier alpha value is -5.32. The van der Waals surface area contributed by atoms with E-state index in [1.54, 1.807) is 0 Å². The maximum absolute atomic E-state index is 9.82. The smallest absolute Gasteiger partial charge is 0.0992 e. The van der Waals surface area contributed by atoms with Gasteiger partial charge in [0.05, 0.1) is 50.8 Å². The summed E-state index contributed by atoms with van der Waals surface area (Å²) in [5, 5.41) is 25.9. The molecule has 4 nitrogen and oxygen atoms in total. The number of hydrogen-bond acceptors (Lipinski definition) is 2. The minimum atomic E-state index is 0.618. The fourth-order valence-corrected chi connectivity index (χ4v) is 6.01. The van der Waals surface area contributed by atoms with E-state index in [4.69, 9.17) is 0 Å². The summed E-state index contributed by atoms with van der Waals surface area (Å²) >= 11 is 0. The Morgan fingerprint density at radius 2 is 1.03 bits per heavy atom. The van der Waals surface area contributed by atoms with Crippen LogP contribution in [0.1, 0.15) is 11.1 Å². The van der Waals surface area contributed by atoms with E-state index in [-0.39, 0.29) is 0 Å². The summed E-state index contributed by atoms with van der Waals surface area (Å²) in [5.74, 6) is 0. The molecule has 4 heteroatoms. The topological polar surface area (TPSA) is 56.9 Å². The highest BCUT2D eigenvalue weighted by Gasteiger charge is 2.20. The van der Waals surface area contributed by atoms with Gasteiger partial charge in [-0.3, -0.25) is 0 Å². The van der Waals surface area contributed by atoms with Crippen molar-refractivity contribution in [2.24, 2.45) is 0 Å². The Bertz CT molecular complexity index is 2230. The molecule has 0 unspecified atom stereocenters. The summed E-state index contributed by atoms with van der Waals surface area (Å²) in [4.78, 5) is 0. The summed E-state index contributed by atoms with van der Waals surface area (Å²) in [6, 6.07) is 37.9. The van der Waals surface area contributed by atoms with Crippen LogP contribution in [0, 0.1) is 22.7 Å². The molecule has 0 fully saturated rings. The molecule has 0 aliphatic carbocycles. The highest BCUT2D eigenvalue weighted by molar-refractivity contribution is 6.24. The number of benzene rings is 5. The van der Waals surface area contributed by atoms with E-state index in [0.29, 0.717) is 11.1 Å². The van der Waals surface area contributed by atoms with Gasteiger partial charge in [-0.2, -0.15) is 10.5 Å². The van der Waals surface area contributed by atoms with Gasteiger partial charge in [0, 0.05) is 38.0 Å². The average Bonchev–Trinajstić information content (AvgIpc) is 3.56. The van der Waals surface area contributed by atoms with Crippen molar-refractivity contribution in [3.05, 3.63) is 108 Å². The van der Waals surface area contributed by atoms with E-state index >= 15 is 0 Å². The molecule has 0 saturated carbocycles. The second-order valence-corrected chi connectivity index (χ2v) is 9.28. The van der Waals surface area contributed by atoms with Crippen molar-refractivity contribution >= 4 is 59.9 Å². The van der Waals surface area contributed by atoms with Crippen LogP contribution in [-0.4, -0.2) is 8.97 Å². The lowest BCUT2D eigenvalue weighted by molar-refractivity contribution is 1.18. The maximum atomic E-state index is 9.82. The van der Waals surface area contributed by atoms with E-state index in [2.05, 4.69) is 87.8 Å². The molecule has 3 aromatic heterocycles. The normalized spacial score (nSPS) is 11.8. The lowest BCUT2D eigenvalue weighted by atomic mass is 10.0. The van der Waals surface area contributed by atoms with Crippen molar-refractivity contribution in [3.63, 3.8) is 0 Å². The molecule has 0 atom stereocenters. The lowest BCUT2D eigenvalue weighted by Gasteiger charge is -2.09. The first-order valence-corrected chi connectivity index (χ1v) is 11.8. The molecule has 0 aliphatic rings. The molecule has 0 radical (unpaired) electrons. The van der Waals surface area contributed by atoms with Gasteiger partial charge in [-0.05, 0) is 60.7 Å². The van der Waals surface area contributed by atoms with Crippen molar-refractivity contribution in [1.82, 2.24) is 8.97 Å². The third-order valence-corrected chi connectivity index (χ3v) is 7.47. The van der Waals surface area contributed by atoms with Crippen LogP contribution < -0.4 is 0 Å². The first-order valence-electron chi connectivity index (χ1n) is 11.8. The summed E-state index contributed by atoms with van der Waals surface area (Å²) in [7, 11) is 0. The molecule has 0 spiro atoms. The van der Waals surface area contributed by atoms with Crippen LogP contribution in [-0.2, 0) is 0 Å². The first-order chi connectivity index (χ1) is 17.8. The Balaban J connectivity index is 1.54. The van der Waals surface area contributed by atoms with Crippen LogP contribution >= 0.6 is 0 Å². The molecule has 0 saturated heterocycles.